The smallest absolute Gasteiger partial charge is 0.295 e. The fourth-order valence-electron chi connectivity index (χ4n) is 3.50. The number of halogens is 1. The Morgan fingerprint density at radius 2 is 2.25 bits per heavy atom. The summed E-state index contributed by atoms with van der Waals surface area (Å²) in [6.45, 7) is 6.82. The van der Waals surface area contributed by atoms with Crippen molar-refractivity contribution in [2.75, 3.05) is 13.1 Å². The Morgan fingerprint density at radius 3 is 3.04 bits per heavy atom. The quantitative estimate of drug-likeness (QED) is 0.379. The maximum Gasteiger partial charge on any atom is 0.295 e. The van der Waals surface area contributed by atoms with Crippen molar-refractivity contribution in [1.82, 2.24) is 10.3 Å². The molecule has 3 aromatic rings. The molecule has 0 saturated carbocycles. The Morgan fingerprint density at radius 1 is 1.39 bits per heavy atom. The zero-order chi connectivity index (χ0) is 19.7. The van der Waals surface area contributed by atoms with Crippen molar-refractivity contribution in [3.8, 4) is 16.9 Å². The third-order valence-electron chi connectivity index (χ3n) is 4.78. The maximum absolute atomic E-state index is 9.52. The highest BCUT2D eigenvalue weighted by Crippen LogP contribution is 2.42. The van der Waals surface area contributed by atoms with Gasteiger partial charge in [-0.1, -0.05) is 11.6 Å². The van der Waals surface area contributed by atoms with Crippen LogP contribution in [-0.2, 0) is 6.61 Å². The first-order valence-electron chi connectivity index (χ1n) is 8.92. The molecule has 6 nitrogen and oxygen atoms in total. The molecule has 144 valence electrons. The molecule has 8 heteroatoms. The number of hydrogen-bond donors (Lipinski definition) is 2. The van der Waals surface area contributed by atoms with Crippen LogP contribution in [0.15, 0.2) is 35.6 Å². The Labute approximate surface area is 171 Å². The molecule has 1 aliphatic heterocycles. The molecule has 0 bridgehead atoms. The van der Waals surface area contributed by atoms with Gasteiger partial charge in [-0.25, -0.2) is 0 Å². The van der Waals surface area contributed by atoms with Gasteiger partial charge in [-0.05, 0) is 36.8 Å². The van der Waals surface area contributed by atoms with E-state index >= 15 is 0 Å². The van der Waals surface area contributed by atoms with Gasteiger partial charge < -0.3 is 15.2 Å². The predicted octanol–water partition coefficient (Wildman–Crippen LogP) is 3.50. The fraction of sp³-hybridized carbons (Fsp3) is 0.300. The number of nitrogens with zero attached hydrogens (tertiary/aromatic N) is 3. The molecule has 3 heterocycles. The first kappa shape index (κ1) is 19.1. The number of hydrogen-bond acceptors (Lipinski definition) is 6. The summed E-state index contributed by atoms with van der Waals surface area (Å²) in [6.07, 6.45) is 1.63. The number of ether oxygens (including phenoxy) is 1. The Balaban J connectivity index is 1.84. The number of benzene rings is 1. The van der Waals surface area contributed by atoms with Gasteiger partial charge in [0.15, 0.2) is 6.04 Å². The molecule has 4 rings (SSSR count). The summed E-state index contributed by atoms with van der Waals surface area (Å²) in [7, 11) is 0. The van der Waals surface area contributed by atoms with Crippen molar-refractivity contribution in [3.05, 3.63) is 45.9 Å². The molecule has 0 aliphatic carbocycles. The van der Waals surface area contributed by atoms with Gasteiger partial charge in [0.1, 0.15) is 11.9 Å². The summed E-state index contributed by atoms with van der Waals surface area (Å²) < 4.78 is 7.42. The van der Waals surface area contributed by atoms with E-state index in [1.165, 1.54) is 11.3 Å². The third-order valence-corrected chi connectivity index (χ3v) is 6.14. The topological polar surface area (TPSA) is 80.8 Å². The SMILES string of the molecule is C=[N+]=N[C@H]1CNC[C@H]1Oc1c(C)cc(Cl)cc1-c1ccnc2cc(CO)sc12. The van der Waals surface area contributed by atoms with Gasteiger partial charge in [0.05, 0.1) is 21.9 Å². The molecule has 1 aromatic carbocycles. The number of aromatic nitrogens is 1. The normalized spacial score (nSPS) is 19.0. The predicted molar refractivity (Wildman–Crippen MR) is 112 cm³/mol. The summed E-state index contributed by atoms with van der Waals surface area (Å²) in [5, 5.41) is 17.6. The van der Waals surface area contributed by atoms with Gasteiger partial charge in [0.2, 0.25) is 0 Å². The standard InChI is InChI=1S/C20H20ClN4O2S/c1-11-5-12(21)6-15(19(11)27-18-9-23-8-17(18)25-22-2)14-3-4-24-16-7-13(10-26)28-20(14)16/h3-7,17-18,23,26H,2,8-10H2,1H3/q+1/t17-,18+/m0/s1. The van der Waals surface area contributed by atoms with Gasteiger partial charge in [-0.3, -0.25) is 4.98 Å². The number of rotatable bonds is 5. The van der Waals surface area contributed by atoms with Crippen LogP contribution in [-0.4, -0.2) is 46.8 Å². The second-order valence-electron chi connectivity index (χ2n) is 6.68. The van der Waals surface area contributed by atoms with Crippen LogP contribution in [0.25, 0.3) is 21.3 Å². The molecule has 2 atom stereocenters. The Bertz CT molecular complexity index is 1080. The number of fused-ring (bicyclic) bond motifs is 1. The van der Waals surface area contributed by atoms with E-state index in [9.17, 15) is 5.11 Å². The highest BCUT2D eigenvalue weighted by atomic mass is 35.5. The molecule has 28 heavy (non-hydrogen) atoms. The summed E-state index contributed by atoms with van der Waals surface area (Å²) in [4.78, 5) is 8.98. The number of thiophene rings is 1. The number of aryl methyl sites for hydroxylation is 1. The lowest BCUT2D eigenvalue weighted by molar-refractivity contribution is -0.0924. The summed E-state index contributed by atoms with van der Waals surface area (Å²) in [5.41, 5.74) is 3.68. The molecule has 0 amide bonds. The molecular weight excluding hydrogens is 396 g/mol. The second-order valence-corrected chi connectivity index (χ2v) is 8.26. The molecule has 0 unspecified atom stereocenters. The third kappa shape index (κ3) is 3.55. The van der Waals surface area contributed by atoms with Crippen LogP contribution in [0.2, 0.25) is 5.02 Å². The van der Waals surface area contributed by atoms with Gasteiger partial charge in [0.25, 0.3) is 6.72 Å². The van der Waals surface area contributed by atoms with Crippen LogP contribution in [0, 0.1) is 6.92 Å². The lowest BCUT2D eigenvalue weighted by atomic mass is 10.0. The van der Waals surface area contributed by atoms with Crippen molar-refractivity contribution < 1.29 is 14.6 Å². The van der Waals surface area contributed by atoms with E-state index in [-0.39, 0.29) is 18.8 Å². The average Bonchev–Trinajstić information content (AvgIpc) is 3.30. The molecule has 0 radical (unpaired) electrons. The first-order valence-corrected chi connectivity index (χ1v) is 10.1. The summed E-state index contributed by atoms with van der Waals surface area (Å²) in [6, 6.07) is 7.59. The van der Waals surface area contributed by atoms with E-state index in [1.54, 1.807) is 6.20 Å². The Kier molecular flexibility index (Phi) is 5.44. The van der Waals surface area contributed by atoms with E-state index in [2.05, 4.69) is 26.9 Å². The molecular formula is C20H20ClN4O2S+. The van der Waals surface area contributed by atoms with Gasteiger partial charge in [-0.15, -0.1) is 11.3 Å². The number of pyridine rings is 1. The summed E-state index contributed by atoms with van der Waals surface area (Å²) >= 11 is 7.91. The molecule has 2 aromatic heterocycles. The monoisotopic (exact) mass is 415 g/mol. The molecule has 1 aliphatic rings. The van der Waals surface area contributed by atoms with Crippen molar-refractivity contribution in [1.29, 1.82) is 0 Å². The average molecular weight is 416 g/mol. The number of aliphatic hydroxyl groups is 1. The van der Waals surface area contributed by atoms with E-state index in [1.807, 2.05) is 31.2 Å². The van der Waals surface area contributed by atoms with Gasteiger partial charge in [-0.2, -0.15) is 0 Å². The van der Waals surface area contributed by atoms with Crippen LogP contribution >= 0.6 is 22.9 Å². The maximum atomic E-state index is 9.52. The first-order chi connectivity index (χ1) is 13.6. The summed E-state index contributed by atoms with van der Waals surface area (Å²) in [5.74, 6) is 0.772. The zero-order valence-corrected chi connectivity index (χ0v) is 16.9. The van der Waals surface area contributed by atoms with Crippen LogP contribution in [0.1, 0.15) is 10.4 Å². The molecule has 2 N–H and O–H groups in total. The van der Waals surface area contributed by atoms with Crippen LogP contribution in [0.3, 0.4) is 0 Å². The van der Waals surface area contributed by atoms with Gasteiger partial charge in [0, 0.05) is 45.1 Å². The van der Waals surface area contributed by atoms with E-state index in [4.69, 9.17) is 16.3 Å². The van der Waals surface area contributed by atoms with Gasteiger partial charge >= 0.3 is 0 Å². The number of aliphatic hydroxyl groups excluding tert-OH is 1. The van der Waals surface area contributed by atoms with Crippen LogP contribution in [0.5, 0.6) is 5.75 Å². The number of nitrogens with one attached hydrogen (secondary N) is 1. The Hall–Kier alpha value is -2.28. The largest absolute Gasteiger partial charge is 0.486 e. The van der Waals surface area contributed by atoms with E-state index in [0.29, 0.717) is 18.1 Å². The lowest BCUT2D eigenvalue weighted by Gasteiger charge is -2.20. The minimum absolute atomic E-state index is 0.0100. The van der Waals surface area contributed by atoms with E-state index < -0.39 is 0 Å². The van der Waals surface area contributed by atoms with Crippen molar-refractivity contribution in [3.63, 3.8) is 0 Å². The minimum atomic E-state index is -0.141. The lowest BCUT2D eigenvalue weighted by Crippen LogP contribution is -2.29. The van der Waals surface area contributed by atoms with E-state index in [0.717, 1.165) is 37.5 Å². The zero-order valence-electron chi connectivity index (χ0n) is 15.4. The van der Waals surface area contributed by atoms with Crippen LogP contribution < -0.4 is 10.1 Å². The highest BCUT2D eigenvalue weighted by molar-refractivity contribution is 7.19. The minimum Gasteiger partial charge on any atom is -0.486 e. The van der Waals surface area contributed by atoms with Crippen molar-refractivity contribution >= 4 is 39.9 Å². The van der Waals surface area contributed by atoms with Crippen LogP contribution in [0.4, 0.5) is 0 Å². The van der Waals surface area contributed by atoms with Crippen molar-refractivity contribution in [2.45, 2.75) is 25.7 Å². The molecule has 1 saturated heterocycles. The van der Waals surface area contributed by atoms with Crippen molar-refractivity contribution in [2.24, 2.45) is 5.11 Å². The second kappa shape index (κ2) is 7.99. The highest BCUT2D eigenvalue weighted by Gasteiger charge is 2.33. The molecule has 1 fully saturated rings. The fourth-order valence-corrected chi connectivity index (χ4v) is 4.77. The molecule has 0 spiro atoms.